The van der Waals surface area contributed by atoms with Crippen LogP contribution in [0.3, 0.4) is 0 Å². The van der Waals surface area contributed by atoms with Gasteiger partial charge in [0.15, 0.2) is 0 Å². The lowest BCUT2D eigenvalue weighted by Gasteiger charge is -2.02. The highest BCUT2D eigenvalue weighted by Crippen LogP contribution is 1.99. The van der Waals surface area contributed by atoms with Gasteiger partial charge >= 0.3 is 5.97 Å². The molecule has 53 valence electrons. The van der Waals surface area contributed by atoms with Crippen molar-refractivity contribution in [2.75, 3.05) is 13.2 Å². The summed E-state index contributed by atoms with van der Waals surface area (Å²) in [7, 11) is 0. The Bertz CT molecular complexity index is 91.0. The Hall–Kier alpha value is -0.610. The van der Waals surface area contributed by atoms with Crippen molar-refractivity contribution in [2.45, 2.75) is 6.42 Å². The van der Waals surface area contributed by atoms with Gasteiger partial charge in [-0.15, -0.1) is 0 Å². The maximum atomic E-state index is 10.0. The predicted molar refractivity (Wildman–Crippen MR) is 28.4 cm³/mol. The molecule has 0 aromatic heterocycles. The van der Waals surface area contributed by atoms with Crippen LogP contribution < -0.4 is 0 Å². The molecular formula is C5H9O4. The largest absolute Gasteiger partial charge is 0.481 e. The number of aliphatic hydroxyl groups is 1. The standard InChI is InChI=1S/C5H9O4/c6-2-1-4(3-7)5(8)9/h4,6H,1-3H2,(H,8,9). The van der Waals surface area contributed by atoms with Gasteiger partial charge in [0.05, 0.1) is 12.5 Å². The van der Waals surface area contributed by atoms with Gasteiger partial charge in [-0.1, -0.05) is 0 Å². The molecule has 0 bridgehead atoms. The predicted octanol–water partition coefficient (Wildman–Crippen LogP) is -0.500. The van der Waals surface area contributed by atoms with E-state index in [4.69, 9.17) is 10.2 Å². The second-order valence-electron chi connectivity index (χ2n) is 1.71. The van der Waals surface area contributed by atoms with Crippen molar-refractivity contribution in [1.82, 2.24) is 0 Å². The Morgan fingerprint density at radius 3 is 2.22 bits per heavy atom. The third-order valence-corrected chi connectivity index (χ3v) is 1.03. The van der Waals surface area contributed by atoms with E-state index in [1.165, 1.54) is 0 Å². The molecule has 0 aliphatic carbocycles. The molecule has 0 aliphatic rings. The second kappa shape index (κ2) is 4.29. The number of carboxylic acids is 1. The van der Waals surface area contributed by atoms with Crippen molar-refractivity contribution >= 4 is 5.97 Å². The lowest BCUT2D eigenvalue weighted by atomic mass is 10.1. The topological polar surface area (TPSA) is 77.4 Å². The van der Waals surface area contributed by atoms with E-state index >= 15 is 0 Å². The highest BCUT2D eigenvalue weighted by Gasteiger charge is 2.15. The Morgan fingerprint density at radius 2 is 2.11 bits per heavy atom. The molecule has 2 N–H and O–H groups in total. The van der Waals surface area contributed by atoms with Gasteiger partial charge < -0.3 is 10.2 Å². The van der Waals surface area contributed by atoms with E-state index < -0.39 is 18.5 Å². The molecule has 4 heteroatoms. The van der Waals surface area contributed by atoms with E-state index in [-0.39, 0.29) is 13.0 Å². The first-order valence-corrected chi connectivity index (χ1v) is 2.64. The molecule has 0 heterocycles. The van der Waals surface area contributed by atoms with Crippen LogP contribution in [0.4, 0.5) is 0 Å². The monoisotopic (exact) mass is 133 g/mol. The van der Waals surface area contributed by atoms with Crippen LogP contribution in [0.15, 0.2) is 0 Å². The number of aliphatic carboxylic acids is 1. The maximum Gasteiger partial charge on any atom is 0.309 e. The lowest BCUT2D eigenvalue weighted by Crippen LogP contribution is -2.18. The van der Waals surface area contributed by atoms with Crippen molar-refractivity contribution in [3.63, 3.8) is 0 Å². The first kappa shape index (κ1) is 8.39. The van der Waals surface area contributed by atoms with Crippen molar-refractivity contribution < 1.29 is 20.1 Å². The van der Waals surface area contributed by atoms with E-state index in [1.807, 2.05) is 0 Å². The van der Waals surface area contributed by atoms with Crippen LogP contribution in [0, 0.1) is 5.92 Å². The van der Waals surface area contributed by atoms with Crippen molar-refractivity contribution in [3.05, 3.63) is 0 Å². The molecular weight excluding hydrogens is 124 g/mol. The smallest absolute Gasteiger partial charge is 0.309 e. The summed E-state index contributed by atoms with van der Waals surface area (Å²) in [6, 6.07) is 0. The van der Waals surface area contributed by atoms with E-state index in [0.717, 1.165) is 0 Å². The average molecular weight is 133 g/mol. The molecule has 0 rings (SSSR count). The number of carbonyl (C=O) groups is 1. The molecule has 1 atom stereocenters. The third-order valence-electron chi connectivity index (χ3n) is 1.03. The van der Waals surface area contributed by atoms with Gasteiger partial charge in [-0.25, -0.2) is 5.11 Å². The zero-order valence-corrected chi connectivity index (χ0v) is 4.91. The normalized spacial score (nSPS) is 13.1. The zero-order valence-electron chi connectivity index (χ0n) is 4.91. The number of hydrogen-bond donors (Lipinski definition) is 2. The van der Waals surface area contributed by atoms with Gasteiger partial charge in [-0.2, -0.15) is 0 Å². The molecule has 0 saturated carbocycles. The van der Waals surface area contributed by atoms with Gasteiger partial charge in [0.2, 0.25) is 0 Å². The minimum Gasteiger partial charge on any atom is -0.481 e. The summed E-state index contributed by atoms with van der Waals surface area (Å²) in [6.07, 6.45) is 0.0544. The molecule has 0 amide bonds. The van der Waals surface area contributed by atoms with Crippen molar-refractivity contribution in [3.8, 4) is 0 Å². The highest BCUT2D eigenvalue weighted by atomic mass is 16.4. The van der Waals surface area contributed by atoms with Crippen LogP contribution in [0.5, 0.6) is 0 Å². The average Bonchev–Trinajstić information content (AvgIpc) is 1.82. The minimum absolute atomic E-state index is 0.0544. The summed E-state index contributed by atoms with van der Waals surface area (Å²) in [5.41, 5.74) is 0. The van der Waals surface area contributed by atoms with Crippen molar-refractivity contribution in [1.29, 1.82) is 0 Å². The summed E-state index contributed by atoms with van der Waals surface area (Å²) >= 11 is 0. The molecule has 1 unspecified atom stereocenters. The quantitative estimate of drug-likeness (QED) is 0.542. The molecule has 0 aromatic carbocycles. The first-order chi connectivity index (χ1) is 4.22. The number of aliphatic hydroxyl groups excluding tert-OH is 1. The van der Waals surface area contributed by atoms with Crippen LogP contribution in [0.25, 0.3) is 0 Å². The van der Waals surface area contributed by atoms with Crippen molar-refractivity contribution in [2.24, 2.45) is 5.92 Å². The minimum atomic E-state index is -1.13. The van der Waals surface area contributed by atoms with Crippen LogP contribution in [-0.4, -0.2) is 29.4 Å². The second-order valence-corrected chi connectivity index (χ2v) is 1.71. The van der Waals surface area contributed by atoms with Gasteiger partial charge in [-0.3, -0.25) is 4.79 Å². The van der Waals surface area contributed by atoms with Gasteiger partial charge in [0.1, 0.15) is 0 Å². The maximum absolute atomic E-state index is 10.0. The van der Waals surface area contributed by atoms with E-state index in [0.29, 0.717) is 0 Å². The van der Waals surface area contributed by atoms with Crippen LogP contribution in [0.1, 0.15) is 6.42 Å². The van der Waals surface area contributed by atoms with E-state index in [1.54, 1.807) is 0 Å². The first-order valence-electron chi connectivity index (χ1n) is 2.64. The Labute approximate surface area is 52.7 Å². The summed E-state index contributed by atoms with van der Waals surface area (Å²) in [5, 5.41) is 26.4. The molecule has 0 aliphatic heterocycles. The zero-order chi connectivity index (χ0) is 7.28. The van der Waals surface area contributed by atoms with E-state index in [2.05, 4.69) is 0 Å². The van der Waals surface area contributed by atoms with Crippen LogP contribution in [-0.2, 0) is 9.90 Å². The Morgan fingerprint density at radius 1 is 1.56 bits per heavy atom. The molecule has 1 radical (unpaired) electrons. The molecule has 9 heavy (non-hydrogen) atoms. The highest BCUT2D eigenvalue weighted by molar-refractivity contribution is 5.69. The summed E-state index contributed by atoms with van der Waals surface area (Å²) in [4.78, 5) is 10.0. The molecule has 0 aromatic rings. The van der Waals surface area contributed by atoms with Gasteiger partial charge in [0.25, 0.3) is 0 Å². The van der Waals surface area contributed by atoms with E-state index in [9.17, 15) is 9.90 Å². The van der Waals surface area contributed by atoms with Gasteiger partial charge in [0, 0.05) is 6.61 Å². The summed E-state index contributed by atoms with van der Waals surface area (Å²) in [6.45, 7) is -0.894. The fourth-order valence-electron chi connectivity index (χ4n) is 0.434. The molecule has 0 saturated heterocycles. The molecule has 0 spiro atoms. The number of carboxylic acid groups (broad SMARTS) is 1. The Balaban J connectivity index is 3.54. The van der Waals surface area contributed by atoms with Crippen LogP contribution >= 0.6 is 0 Å². The fourth-order valence-corrected chi connectivity index (χ4v) is 0.434. The SMILES string of the molecule is [O]CC(CCO)C(=O)O. The fraction of sp³-hybridized carbons (Fsp3) is 0.800. The summed E-state index contributed by atoms with van der Waals surface area (Å²) < 4.78 is 0. The molecule has 0 fully saturated rings. The summed E-state index contributed by atoms with van der Waals surface area (Å²) in [5.74, 6) is -2.05. The third kappa shape index (κ3) is 3.05. The van der Waals surface area contributed by atoms with Gasteiger partial charge in [-0.05, 0) is 6.42 Å². The molecule has 4 nitrogen and oxygen atoms in total. The number of hydrogen-bond acceptors (Lipinski definition) is 2. The lowest BCUT2D eigenvalue weighted by molar-refractivity contribution is -0.144. The van der Waals surface area contributed by atoms with Crippen LogP contribution in [0.2, 0.25) is 0 Å². The number of rotatable bonds is 4. The Kier molecular flexibility index (Phi) is 4.00.